The largest absolute Gasteiger partial charge is 0.397 e. The zero-order chi connectivity index (χ0) is 15.0. The third-order valence-electron chi connectivity index (χ3n) is 4.94. The minimum atomic E-state index is 0.0810. The summed E-state index contributed by atoms with van der Waals surface area (Å²) in [4.78, 5) is 11.4. The van der Waals surface area contributed by atoms with E-state index in [4.69, 9.17) is 5.73 Å². The molecule has 114 valence electrons. The first-order chi connectivity index (χ1) is 10.0. The molecule has 1 aromatic carbocycles. The Bertz CT molecular complexity index is 555. The molecule has 3 unspecified atom stereocenters. The zero-order valence-electron chi connectivity index (χ0n) is 12.9. The van der Waals surface area contributed by atoms with E-state index in [9.17, 15) is 4.79 Å². The minimum Gasteiger partial charge on any atom is -0.397 e. The van der Waals surface area contributed by atoms with Crippen molar-refractivity contribution in [3.05, 3.63) is 17.7 Å². The molecule has 4 N–H and O–H groups in total. The van der Waals surface area contributed by atoms with Gasteiger partial charge < -0.3 is 16.4 Å². The second-order valence-corrected chi connectivity index (χ2v) is 6.79. The maximum Gasteiger partial charge on any atom is 0.224 e. The first-order valence-electron chi connectivity index (χ1n) is 8.01. The van der Waals surface area contributed by atoms with E-state index in [0.717, 1.165) is 29.4 Å². The van der Waals surface area contributed by atoms with Gasteiger partial charge in [0.2, 0.25) is 5.91 Å². The van der Waals surface area contributed by atoms with Crippen LogP contribution in [-0.2, 0) is 11.2 Å². The molecule has 4 heteroatoms. The topological polar surface area (TPSA) is 67.2 Å². The summed E-state index contributed by atoms with van der Waals surface area (Å²) >= 11 is 0. The number of fused-ring (bicyclic) bond motifs is 1. The van der Waals surface area contributed by atoms with Gasteiger partial charge in [-0.3, -0.25) is 4.79 Å². The van der Waals surface area contributed by atoms with E-state index in [1.165, 1.54) is 24.8 Å². The summed E-state index contributed by atoms with van der Waals surface area (Å²) in [7, 11) is 0. The van der Waals surface area contributed by atoms with Gasteiger partial charge in [0.15, 0.2) is 0 Å². The Kier molecular flexibility index (Phi) is 3.79. The fourth-order valence-corrected chi connectivity index (χ4v) is 3.65. The number of nitrogens with one attached hydrogen (secondary N) is 2. The molecule has 0 bridgehead atoms. The molecular weight excluding hydrogens is 262 g/mol. The van der Waals surface area contributed by atoms with Crippen molar-refractivity contribution in [3.63, 3.8) is 0 Å². The highest BCUT2D eigenvalue weighted by Gasteiger charge is 2.26. The highest BCUT2D eigenvalue weighted by Crippen LogP contribution is 2.35. The third kappa shape index (κ3) is 2.99. The molecule has 0 spiro atoms. The molecule has 3 rings (SSSR count). The highest BCUT2D eigenvalue weighted by molar-refractivity contribution is 5.95. The number of nitrogen functional groups attached to an aromatic ring is 1. The van der Waals surface area contributed by atoms with Gasteiger partial charge in [-0.1, -0.05) is 13.8 Å². The van der Waals surface area contributed by atoms with Crippen LogP contribution in [0, 0.1) is 11.8 Å². The summed E-state index contributed by atoms with van der Waals surface area (Å²) < 4.78 is 0. The average Bonchev–Trinajstić information content (AvgIpc) is 2.42. The van der Waals surface area contributed by atoms with Gasteiger partial charge in [0.25, 0.3) is 0 Å². The Balaban J connectivity index is 1.78. The van der Waals surface area contributed by atoms with E-state index < -0.39 is 0 Å². The van der Waals surface area contributed by atoms with Crippen LogP contribution in [-0.4, -0.2) is 11.9 Å². The molecule has 1 heterocycles. The van der Waals surface area contributed by atoms with Gasteiger partial charge in [-0.2, -0.15) is 0 Å². The van der Waals surface area contributed by atoms with Gasteiger partial charge in [-0.15, -0.1) is 0 Å². The van der Waals surface area contributed by atoms with Crippen LogP contribution in [0.3, 0.4) is 0 Å². The van der Waals surface area contributed by atoms with Crippen LogP contribution in [0.5, 0.6) is 0 Å². The maximum atomic E-state index is 11.4. The number of aryl methyl sites for hydroxylation is 1. The number of anilines is 3. The molecular formula is C17H25N3O. The number of hydrogen-bond acceptors (Lipinski definition) is 3. The second-order valence-electron chi connectivity index (χ2n) is 6.79. The van der Waals surface area contributed by atoms with Gasteiger partial charge >= 0.3 is 0 Å². The predicted molar refractivity (Wildman–Crippen MR) is 87.4 cm³/mol. The average molecular weight is 287 g/mol. The molecule has 1 aliphatic heterocycles. The lowest BCUT2D eigenvalue weighted by atomic mass is 9.80. The first kappa shape index (κ1) is 14.2. The first-order valence-corrected chi connectivity index (χ1v) is 8.01. The number of carbonyl (C=O) groups is 1. The molecule has 0 radical (unpaired) electrons. The van der Waals surface area contributed by atoms with E-state index in [0.29, 0.717) is 18.4 Å². The standard InChI is InChI=1S/C17H25N3O/c1-10-3-5-14(11(2)7-10)19-16-8-12-4-6-17(21)20-15(12)9-13(16)18/h8-11,14,19H,3-7,18H2,1-2H3,(H,20,21). The molecule has 1 saturated carbocycles. The maximum absolute atomic E-state index is 11.4. The van der Waals surface area contributed by atoms with Crippen molar-refractivity contribution < 1.29 is 4.79 Å². The Morgan fingerprint density at radius 3 is 2.81 bits per heavy atom. The number of amides is 1. The molecule has 0 saturated heterocycles. The molecule has 1 amide bonds. The van der Waals surface area contributed by atoms with Crippen molar-refractivity contribution >= 4 is 23.0 Å². The smallest absolute Gasteiger partial charge is 0.224 e. The van der Waals surface area contributed by atoms with Gasteiger partial charge in [-0.25, -0.2) is 0 Å². The fraction of sp³-hybridized carbons (Fsp3) is 0.588. The quantitative estimate of drug-likeness (QED) is 0.730. The van der Waals surface area contributed by atoms with Gasteiger partial charge in [0.1, 0.15) is 0 Å². The Labute approximate surface area is 126 Å². The van der Waals surface area contributed by atoms with Crippen LogP contribution < -0.4 is 16.4 Å². The monoisotopic (exact) mass is 287 g/mol. The van der Waals surface area contributed by atoms with Crippen molar-refractivity contribution in [2.24, 2.45) is 11.8 Å². The molecule has 1 aliphatic carbocycles. The Morgan fingerprint density at radius 2 is 2.05 bits per heavy atom. The molecule has 21 heavy (non-hydrogen) atoms. The van der Waals surface area contributed by atoms with Crippen molar-refractivity contribution in [1.82, 2.24) is 0 Å². The summed E-state index contributed by atoms with van der Waals surface area (Å²) in [6, 6.07) is 4.51. The number of rotatable bonds is 2. The van der Waals surface area contributed by atoms with Crippen LogP contribution in [0.4, 0.5) is 17.1 Å². The predicted octanol–water partition coefficient (Wildman–Crippen LogP) is 3.39. The minimum absolute atomic E-state index is 0.0810. The number of hydrogen-bond donors (Lipinski definition) is 3. The summed E-state index contributed by atoms with van der Waals surface area (Å²) in [6.07, 6.45) is 5.12. The fourth-order valence-electron chi connectivity index (χ4n) is 3.65. The van der Waals surface area contributed by atoms with E-state index in [-0.39, 0.29) is 5.91 Å². The summed E-state index contributed by atoms with van der Waals surface area (Å²) in [5, 5.41) is 6.54. The van der Waals surface area contributed by atoms with Crippen molar-refractivity contribution in [2.45, 2.75) is 52.0 Å². The Morgan fingerprint density at radius 1 is 1.24 bits per heavy atom. The van der Waals surface area contributed by atoms with Crippen LogP contribution in [0.2, 0.25) is 0 Å². The molecule has 0 aromatic heterocycles. The third-order valence-corrected chi connectivity index (χ3v) is 4.94. The SMILES string of the molecule is CC1CCC(Nc2cc3c(cc2N)NC(=O)CC3)C(C)C1. The van der Waals surface area contributed by atoms with Crippen LogP contribution in [0.1, 0.15) is 45.1 Å². The lowest BCUT2D eigenvalue weighted by Gasteiger charge is -2.34. The number of benzene rings is 1. The van der Waals surface area contributed by atoms with Gasteiger partial charge in [-0.05, 0) is 55.2 Å². The highest BCUT2D eigenvalue weighted by atomic mass is 16.1. The molecule has 3 atom stereocenters. The lowest BCUT2D eigenvalue weighted by Crippen LogP contribution is -2.33. The molecule has 1 fully saturated rings. The van der Waals surface area contributed by atoms with Crippen molar-refractivity contribution in [2.75, 3.05) is 16.4 Å². The molecule has 1 aromatic rings. The summed E-state index contributed by atoms with van der Waals surface area (Å²) in [5.74, 6) is 1.58. The van der Waals surface area contributed by atoms with Crippen LogP contribution >= 0.6 is 0 Å². The number of nitrogens with two attached hydrogens (primary N) is 1. The van der Waals surface area contributed by atoms with E-state index in [1.807, 2.05) is 6.07 Å². The van der Waals surface area contributed by atoms with Gasteiger partial charge in [0, 0.05) is 18.2 Å². The van der Waals surface area contributed by atoms with E-state index >= 15 is 0 Å². The molecule has 4 nitrogen and oxygen atoms in total. The lowest BCUT2D eigenvalue weighted by molar-refractivity contribution is -0.116. The van der Waals surface area contributed by atoms with E-state index in [1.54, 1.807) is 0 Å². The normalized spacial score (nSPS) is 28.7. The zero-order valence-corrected chi connectivity index (χ0v) is 12.9. The Hall–Kier alpha value is -1.71. The van der Waals surface area contributed by atoms with Crippen LogP contribution in [0.25, 0.3) is 0 Å². The van der Waals surface area contributed by atoms with Crippen molar-refractivity contribution in [1.29, 1.82) is 0 Å². The molecule has 2 aliphatic rings. The van der Waals surface area contributed by atoms with Crippen LogP contribution in [0.15, 0.2) is 12.1 Å². The van der Waals surface area contributed by atoms with Gasteiger partial charge in [0.05, 0.1) is 11.4 Å². The summed E-state index contributed by atoms with van der Waals surface area (Å²) in [6.45, 7) is 4.66. The summed E-state index contributed by atoms with van der Waals surface area (Å²) in [5.41, 5.74) is 9.97. The second kappa shape index (κ2) is 5.58. The number of carbonyl (C=O) groups excluding carboxylic acids is 1. The van der Waals surface area contributed by atoms with Crippen molar-refractivity contribution in [3.8, 4) is 0 Å². The van der Waals surface area contributed by atoms with E-state index in [2.05, 4.69) is 30.5 Å².